The van der Waals surface area contributed by atoms with Gasteiger partial charge in [0.15, 0.2) is 0 Å². The topological polar surface area (TPSA) is 113 Å². The molecule has 0 atom stereocenters. The van der Waals surface area contributed by atoms with Crippen LogP contribution in [0.4, 0.5) is 11.4 Å². The largest absolute Gasteiger partial charge is 0.322 e. The highest BCUT2D eigenvalue weighted by Crippen LogP contribution is 2.22. The second kappa shape index (κ2) is 8.93. The normalized spacial score (nSPS) is 12.0. The van der Waals surface area contributed by atoms with Crippen LogP contribution in [0.3, 0.4) is 0 Å². The minimum Gasteiger partial charge on any atom is -0.322 e. The molecule has 29 heavy (non-hydrogen) atoms. The predicted octanol–water partition coefficient (Wildman–Crippen LogP) is 2.65. The molecule has 0 bridgehead atoms. The molecular weight excluding hydrogens is 414 g/mol. The van der Waals surface area contributed by atoms with Crippen molar-refractivity contribution in [1.82, 2.24) is 4.31 Å². The number of nitrogens with one attached hydrogen (secondary N) is 2. The fourth-order valence-electron chi connectivity index (χ4n) is 2.81. The highest BCUT2D eigenvalue weighted by molar-refractivity contribution is 7.92. The van der Waals surface area contributed by atoms with Crippen molar-refractivity contribution in [2.24, 2.45) is 0 Å². The first-order valence-corrected chi connectivity index (χ1v) is 12.3. The monoisotopic (exact) mass is 439 g/mol. The van der Waals surface area contributed by atoms with Gasteiger partial charge in [-0.05, 0) is 48.9 Å². The summed E-state index contributed by atoms with van der Waals surface area (Å²) >= 11 is 0. The second-order valence-electron chi connectivity index (χ2n) is 6.42. The maximum atomic E-state index is 12.6. The van der Waals surface area contributed by atoms with E-state index < -0.39 is 26.0 Å². The molecule has 2 aromatic carbocycles. The van der Waals surface area contributed by atoms with Crippen molar-refractivity contribution in [1.29, 1.82) is 0 Å². The highest BCUT2D eigenvalue weighted by Gasteiger charge is 2.21. The minimum atomic E-state index is -3.57. The molecule has 0 unspecified atom stereocenters. The fourth-order valence-corrected chi connectivity index (χ4v) is 4.89. The Balaban J connectivity index is 2.23. The molecule has 1 amide bonds. The van der Waals surface area contributed by atoms with Crippen LogP contribution >= 0.6 is 0 Å². The third-order valence-corrected chi connectivity index (χ3v) is 6.98. The van der Waals surface area contributed by atoms with Gasteiger partial charge in [-0.25, -0.2) is 16.8 Å². The maximum Gasteiger partial charge on any atom is 0.256 e. The zero-order valence-electron chi connectivity index (χ0n) is 16.8. The van der Waals surface area contributed by atoms with E-state index in [0.29, 0.717) is 35.6 Å². The van der Waals surface area contributed by atoms with Crippen LogP contribution in [-0.4, -0.2) is 46.4 Å². The number of rotatable bonds is 8. The minimum absolute atomic E-state index is 0.148. The van der Waals surface area contributed by atoms with Crippen LogP contribution in [0.2, 0.25) is 0 Å². The van der Waals surface area contributed by atoms with Crippen LogP contribution in [-0.2, 0) is 20.0 Å². The molecule has 0 radical (unpaired) electrons. The van der Waals surface area contributed by atoms with Crippen LogP contribution in [0.25, 0.3) is 0 Å². The van der Waals surface area contributed by atoms with Gasteiger partial charge in [-0.1, -0.05) is 19.9 Å². The highest BCUT2D eigenvalue weighted by atomic mass is 32.2. The molecule has 0 aliphatic heterocycles. The lowest BCUT2D eigenvalue weighted by Gasteiger charge is -2.18. The van der Waals surface area contributed by atoms with Gasteiger partial charge >= 0.3 is 0 Å². The number of anilines is 2. The van der Waals surface area contributed by atoms with Gasteiger partial charge in [-0.15, -0.1) is 0 Å². The van der Waals surface area contributed by atoms with E-state index in [2.05, 4.69) is 10.0 Å². The van der Waals surface area contributed by atoms with Gasteiger partial charge in [0.2, 0.25) is 20.0 Å². The average molecular weight is 440 g/mol. The van der Waals surface area contributed by atoms with E-state index in [1.165, 1.54) is 28.6 Å². The number of hydrogen-bond donors (Lipinski definition) is 2. The molecule has 0 saturated carbocycles. The molecule has 10 heteroatoms. The zero-order valence-corrected chi connectivity index (χ0v) is 18.4. The van der Waals surface area contributed by atoms with Crippen LogP contribution in [0, 0.1) is 6.92 Å². The Kier molecular flexibility index (Phi) is 7.04. The molecule has 0 fully saturated rings. The average Bonchev–Trinajstić information content (AvgIpc) is 2.63. The van der Waals surface area contributed by atoms with E-state index in [9.17, 15) is 21.6 Å². The first-order chi connectivity index (χ1) is 13.5. The molecule has 0 aromatic heterocycles. The third kappa shape index (κ3) is 5.55. The van der Waals surface area contributed by atoms with E-state index in [4.69, 9.17) is 0 Å². The van der Waals surface area contributed by atoms with Crippen molar-refractivity contribution in [2.45, 2.75) is 25.7 Å². The van der Waals surface area contributed by atoms with Crippen LogP contribution in [0.15, 0.2) is 47.4 Å². The molecule has 158 valence electrons. The van der Waals surface area contributed by atoms with Crippen molar-refractivity contribution in [3.8, 4) is 0 Å². The first-order valence-electron chi connectivity index (χ1n) is 8.98. The molecule has 2 N–H and O–H groups in total. The molecule has 0 heterocycles. The van der Waals surface area contributed by atoms with Gasteiger partial charge in [0.05, 0.1) is 16.8 Å². The van der Waals surface area contributed by atoms with Crippen molar-refractivity contribution in [3.63, 3.8) is 0 Å². The number of amides is 1. The molecule has 2 aromatic rings. The number of carbonyl (C=O) groups excluding carboxylic acids is 1. The standard InChI is InChI=1S/C19H25N3O5S2/c1-5-22(6-2)29(26,27)16-12-10-15(11-13-16)20-19(23)17-8-7-9-18(14(17)3)21-28(4,24)25/h7-13,21H,5-6H2,1-4H3,(H,20,23). The Morgan fingerprint density at radius 3 is 2.07 bits per heavy atom. The summed E-state index contributed by atoms with van der Waals surface area (Å²) in [5.41, 5.74) is 1.53. The van der Waals surface area contributed by atoms with Crippen molar-refractivity contribution in [3.05, 3.63) is 53.6 Å². The lowest BCUT2D eigenvalue weighted by molar-refractivity contribution is 0.102. The van der Waals surface area contributed by atoms with Gasteiger partial charge in [0.25, 0.3) is 5.91 Å². The SMILES string of the molecule is CCN(CC)S(=O)(=O)c1ccc(NC(=O)c2cccc(NS(C)(=O)=O)c2C)cc1. The van der Waals surface area contributed by atoms with E-state index in [1.807, 2.05) is 0 Å². The molecule has 8 nitrogen and oxygen atoms in total. The Hall–Kier alpha value is -2.43. The Bertz CT molecular complexity index is 1090. The van der Waals surface area contributed by atoms with Gasteiger partial charge in [-0.3, -0.25) is 9.52 Å². The van der Waals surface area contributed by atoms with Gasteiger partial charge in [0, 0.05) is 24.3 Å². The van der Waals surface area contributed by atoms with E-state index in [0.717, 1.165) is 6.26 Å². The summed E-state index contributed by atoms with van der Waals surface area (Å²) in [5.74, 6) is -0.431. The van der Waals surface area contributed by atoms with Gasteiger partial charge in [-0.2, -0.15) is 4.31 Å². The number of nitrogens with zero attached hydrogens (tertiary/aromatic N) is 1. The van der Waals surface area contributed by atoms with E-state index >= 15 is 0 Å². The van der Waals surface area contributed by atoms with E-state index in [1.54, 1.807) is 39.0 Å². The summed E-state index contributed by atoms with van der Waals surface area (Å²) in [6.07, 6.45) is 1.03. The summed E-state index contributed by atoms with van der Waals surface area (Å²) in [5, 5.41) is 2.70. The molecule has 0 saturated heterocycles. The maximum absolute atomic E-state index is 12.6. The second-order valence-corrected chi connectivity index (χ2v) is 10.1. The van der Waals surface area contributed by atoms with Crippen molar-refractivity contribution in [2.75, 3.05) is 29.4 Å². The lowest BCUT2D eigenvalue weighted by Crippen LogP contribution is -2.30. The molecule has 0 aliphatic carbocycles. The fraction of sp³-hybridized carbons (Fsp3) is 0.316. The third-order valence-electron chi connectivity index (χ3n) is 4.33. The summed E-state index contributed by atoms with van der Waals surface area (Å²) in [6.45, 7) is 5.92. The van der Waals surface area contributed by atoms with Crippen molar-refractivity contribution >= 4 is 37.3 Å². The quantitative estimate of drug-likeness (QED) is 0.657. The molecular formula is C19H25N3O5S2. The summed E-state index contributed by atoms with van der Waals surface area (Å²) < 4.78 is 51.7. The number of carbonyl (C=O) groups is 1. The smallest absolute Gasteiger partial charge is 0.256 e. The Labute approximate surface area is 172 Å². The summed E-state index contributed by atoms with van der Waals surface area (Å²) in [7, 11) is -7.05. The first kappa shape index (κ1) is 22.9. The van der Waals surface area contributed by atoms with Gasteiger partial charge in [0.1, 0.15) is 0 Å². The zero-order chi connectivity index (χ0) is 21.8. The molecule has 2 rings (SSSR count). The predicted molar refractivity (Wildman–Crippen MR) is 114 cm³/mol. The van der Waals surface area contributed by atoms with Crippen LogP contribution in [0.1, 0.15) is 29.8 Å². The van der Waals surface area contributed by atoms with Crippen LogP contribution in [0.5, 0.6) is 0 Å². The summed E-state index contributed by atoms with van der Waals surface area (Å²) in [6, 6.07) is 10.6. The molecule has 0 spiro atoms. The number of benzene rings is 2. The number of hydrogen-bond acceptors (Lipinski definition) is 5. The summed E-state index contributed by atoms with van der Waals surface area (Å²) in [4.78, 5) is 12.8. The van der Waals surface area contributed by atoms with Crippen molar-refractivity contribution < 1.29 is 21.6 Å². The Morgan fingerprint density at radius 1 is 0.966 bits per heavy atom. The van der Waals surface area contributed by atoms with Gasteiger partial charge < -0.3 is 5.32 Å². The van der Waals surface area contributed by atoms with Crippen LogP contribution < -0.4 is 10.0 Å². The number of sulfonamides is 2. The lowest BCUT2D eigenvalue weighted by atomic mass is 10.1. The Morgan fingerprint density at radius 2 is 1.55 bits per heavy atom. The molecule has 0 aliphatic rings. The van der Waals surface area contributed by atoms with E-state index in [-0.39, 0.29) is 4.90 Å².